The molecular formula is C25H24BrClN2O3. The Morgan fingerprint density at radius 1 is 1.00 bits per heavy atom. The lowest BCUT2D eigenvalue weighted by atomic mass is 10.1. The second kappa shape index (κ2) is 11.7. The standard InChI is InChI=1S/C25H24BrClN2O3/c1-2-6-24(30)28-19-10-11-21(27)22(16-19)29-25(31)18-9-12-23(20(26)15-18)32-14-13-17-7-4-3-5-8-17/h3-5,7-12,15-16H,2,6,13-14H2,1H3,(H,28,30)(H,29,31). The lowest BCUT2D eigenvalue weighted by molar-refractivity contribution is -0.116. The molecule has 3 aromatic rings. The van der Waals surface area contributed by atoms with Crippen molar-refractivity contribution in [3.8, 4) is 5.75 Å². The van der Waals surface area contributed by atoms with Crippen LogP contribution < -0.4 is 15.4 Å². The first-order chi connectivity index (χ1) is 15.5. The maximum atomic E-state index is 12.7. The van der Waals surface area contributed by atoms with E-state index in [-0.39, 0.29) is 11.8 Å². The van der Waals surface area contributed by atoms with Crippen molar-refractivity contribution in [3.05, 3.63) is 87.4 Å². The predicted octanol–water partition coefficient (Wildman–Crippen LogP) is 6.71. The summed E-state index contributed by atoms with van der Waals surface area (Å²) >= 11 is 9.71. The van der Waals surface area contributed by atoms with Crippen molar-refractivity contribution in [2.75, 3.05) is 17.2 Å². The van der Waals surface area contributed by atoms with E-state index in [9.17, 15) is 9.59 Å². The van der Waals surface area contributed by atoms with Crippen LogP contribution in [0.1, 0.15) is 35.7 Å². The van der Waals surface area contributed by atoms with Gasteiger partial charge in [-0.1, -0.05) is 48.9 Å². The summed E-state index contributed by atoms with van der Waals surface area (Å²) in [6.07, 6.45) is 1.97. The highest BCUT2D eigenvalue weighted by atomic mass is 79.9. The quantitative estimate of drug-likeness (QED) is 0.333. The van der Waals surface area contributed by atoms with Gasteiger partial charge in [0.25, 0.3) is 5.91 Å². The van der Waals surface area contributed by atoms with Crippen LogP contribution in [0.15, 0.2) is 71.2 Å². The number of carbonyl (C=O) groups is 2. The van der Waals surface area contributed by atoms with E-state index in [1.54, 1.807) is 36.4 Å². The molecule has 0 saturated heterocycles. The van der Waals surface area contributed by atoms with Gasteiger partial charge in [0.1, 0.15) is 5.75 Å². The fourth-order valence-electron chi connectivity index (χ4n) is 3.03. The molecule has 0 aliphatic rings. The van der Waals surface area contributed by atoms with Crippen molar-refractivity contribution in [1.29, 1.82) is 0 Å². The number of rotatable bonds is 9. The summed E-state index contributed by atoms with van der Waals surface area (Å²) < 4.78 is 6.53. The van der Waals surface area contributed by atoms with Gasteiger partial charge in [-0.15, -0.1) is 0 Å². The van der Waals surface area contributed by atoms with Crippen LogP contribution in [-0.4, -0.2) is 18.4 Å². The summed E-state index contributed by atoms with van der Waals surface area (Å²) in [6, 6.07) is 20.2. The van der Waals surface area contributed by atoms with Crippen LogP contribution in [0.3, 0.4) is 0 Å². The summed E-state index contributed by atoms with van der Waals surface area (Å²) in [4.78, 5) is 24.6. The molecule has 2 N–H and O–H groups in total. The average molecular weight is 516 g/mol. The van der Waals surface area contributed by atoms with Crippen molar-refractivity contribution >= 4 is 50.7 Å². The van der Waals surface area contributed by atoms with Crippen molar-refractivity contribution in [3.63, 3.8) is 0 Å². The Balaban J connectivity index is 1.62. The monoisotopic (exact) mass is 514 g/mol. The number of hydrogen-bond donors (Lipinski definition) is 2. The Morgan fingerprint density at radius 3 is 2.50 bits per heavy atom. The molecule has 32 heavy (non-hydrogen) atoms. The molecule has 0 atom stereocenters. The molecule has 0 radical (unpaired) electrons. The van der Waals surface area contributed by atoms with Crippen LogP contribution in [0.5, 0.6) is 5.75 Å². The number of hydrogen-bond acceptors (Lipinski definition) is 3. The number of nitrogens with one attached hydrogen (secondary N) is 2. The van der Waals surface area contributed by atoms with Crippen molar-refractivity contribution in [2.24, 2.45) is 0 Å². The molecule has 0 fully saturated rings. The van der Waals surface area contributed by atoms with Gasteiger partial charge >= 0.3 is 0 Å². The van der Waals surface area contributed by atoms with Crippen molar-refractivity contribution in [2.45, 2.75) is 26.2 Å². The summed E-state index contributed by atoms with van der Waals surface area (Å²) in [5.74, 6) is 0.260. The molecular weight excluding hydrogens is 492 g/mol. The smallest absolute Gasteiger partial charge is 0.255 e. The zero-order valence-corrected chi connectivity index (χ0v) is 20.0. The summed E-state index contributed by atoms with van der Waals surface area (Å²) in [5, 5.41) is 5.98. The van der Waals surface area contributed by atoms with Gasteiger partial charge in [-0.05, 0) is 64.3 Å². The third kappa shape index (κ3) is 6.84. The molecule has 0 aliphatic heterocycles. The molecule has 0 spiro atoms. The fourth-order valence-corrected chi connectivity index (χ4v) is 3.68. The first-order valence-corrected chi connectivity index (χ1v) is 11.5. The molecule has 0 unspecified atom stereocenters. The highest BCUT2D eigenvalue weighted by Crippen LogP contribution is 2.29. The lowest BCUT2D eigenvalue weighted by Gasteiger charge is -2.12. The number of amides is 2. The van der Waals surface area contributed by atoms with Gasteiger partial charge in [0, 0.05) is 24.1 Å². The van der Waals surface area contributed by atoms with Gasteiger partial charge < -0.3 is 15.4 Å². The van der Waals surface area contributed by atoms with Gasteiger partial charge in [0.05, 0.1) is 21.8 Å². The van der Waals surface area contributed by atoms with Crippen molar-refractivity contribution in [1.82, 2.24) is 0 Å². The van der Waals surface area contributed by atoms with Crippen LogP contribution >= 0.6 is 27.5 Å². The number of halogens is 2. The topological polar surface area (TPSA) is 67.4 Å². The van der Waals surface area contributed by atoms with Gasteiger partial charge in [-0.3, -0.25) is 9.59 Å². The Kier molecular flexibility index (Phi) is 8.71. The van der Waals surface area contributed by atoms with Gasteiger partial charge in [0.2, 0.25) is 5.91 Å². The van der Waals surface area contributed by atoms with Crippen LogP contribution in [0.4, 0.5) is 11.4 Å². The van der Waals surface area contributed by atoms with E-state index in [0.29, 0.717) is 45.2 Å². The molecule has 3 rings (SSSR count). The average Bonchev–Trinajstić information content (AvgIpc) is 2.78. The van der Waals surface area contributed by atoms with E-state index in [1.165, 1.54) is 5.56 Å². The fraction of sp³-hybridized carbons (Fsp3) is 0.200. The Morgan fingerprint density at radius 2 is 1.78 bits per heavy atom. The molecule has 0 bridgehead atoms. The maximum Gasteiger partial charge on any atom is 0.255 e. The number of anilines is 2. The normalized spacial score (nSPS) is 10.5. The zero-order chi connectivity index (χ0) is 22.9. The molecule has 2 amide bonds. The first-order valence-electron chi connectivity index (χ1n) is 10.3. The molecule has 7 heteroatoms. The Bertz CT molecular complexity index is 1090. The SMILES string of the molecule is CCCC(=O)Nc1ccc(Cl)c(NC(=O)c2ccc(OCCc3ccccc3)c(Br)c2)c1. The van der Waals surface area contributed by atoms with Gasteiger partial charge in [-0.2, -0.15) is 0 Å². The van der Waals surface area contributed by atoms with E-state index in [4.69, 9.17) is 16.3 Å². The lowest BCUT2D eigenvalue weighted by Crippen LogP contribution is -2.14. The number of carbonyl (C=O) groups excluding carboxylic acids is 2. The molecule has 0 aliphatic carbocycles. The van der Waals surface area contributed by atoms with E-state index >= 15 is 0 Å². The largest absolute Gasteiger partial charge is 0.492 e. The van der Waals surface area contributed by atoms with E-state index in [1.807, 2.05) is 25.1 Å². The highest BCUT2D eigenvalue weighted by Gasteiger charge is 2.13. The van der Waals surface area contributed by atoms with E-state index in [2.05, 4.69) is 38.7 Å². The van der Waals surface area contributed by atoms with E-state index < -0.39 is 0 Å². The number of ether oxygens (including phenoxy) is 1. The molecule has 0 heterocycles. The highest BCUT2D eigenvalue weighted by molar-refractivity contribution is 9.10. The molecule has 5 nitrogen and oxygen atoms in total. The maximum absolute atomic E-state index is 12.7. The van der Waals surface area contributed by atoms with Crippen LogP contribution in [-0.2, 0) is 11.2 Å². The minimum absolute atomic E-state index is 0.0844. The second-order valence-corrected chi connectivity index (χ2v) is 8.44. The molecule has 3 aromatic carbocycles. The minimum Gasteiger partial charge on any atom is -0.492 e. The third-order valence-corrected chi connectivity index (χ3v) is 5.61. The van der Waals surface area contributed by atoms with Gasteiger partial charge in [-0.25, -0.2) is 0 Å². The van der Waals surface area contributed by atoms with Crippen LogP contribution in [0.25, 0.3) is 0 Å². The summed E-state index contributed by atoms with van der Waals surface area (Å²) in [6.45, 7) is 2.46. The molecule has 0 saturated carbocycles. The van der Waals surface area contributed by atoms with Crippen molar-refractivity contribution < 1.29 is 14.3 Å². The van der Waals surface area contributed by atoms with Crippen LogP contribution in [0, 0.1) is 0 Å². The summed E-state index contributed by atoms with van der Waals surface area (Å²) in [5.41, 5.74) is 2.64. The number of benzene rings is 3. The summed E-state index contributed by atoms with van der Waals surface area (Å²) in [7, 11) is 0. The third-order valence-electron chi connectivity index (χ3n) is 4.66. The first kappa shape index (κ1) is 23.8. The minimum atomic E-state index is -0.319. The zero-order valence-electron chi connectivity index (χ0n) is 17.7. The Labute approximate surface area is 201 Å². The van der Waals surface area contributed by atoms with Gasteiger partial charge in [0.15, 0.2) is 0 Å². The molecule has 166 valence electrons. The second-order valence-electron chi connectivity index (χ2n) is 7.18. The molecule has 0 aromatic heterocycles. The van der Waals surface area contributed by atoms with Crippen LogP contribution in [0.2, 0.25) is 5.02 Å². The Hall–Kier alpha value is -2.83. The predicted molar refractivity (Wildman–Crippen MR) is 133 cm³/mol. The van der Waals surface area contributed by atoms with E-state index in [0.717, 1.165) is 12.8 Å².